The van der Waals surface area contributed by atoms with Crippen molar-refractivity contribution in [3.8, 4) is 0 Å². The van der Waals surface area contributed by atoms with E-state index in [0.29, 0.717) is 0 Å². The monoisotopic (exact) mass is 272 g/mol. The van der Waals surface area contributed by atoms with Gasteiger partial charge in [-0.15, -0.1) is 23.5 Å². The molecule has 1 heterocycles. The predicted octanol–water partition coefficient (Wildman–Crippen LogP) is 5.40. The highest BCUT2D eigenvalue weighted by Crippen LogP contribution is 2.41. The van der Waals surface area contributed by atoms with E-state index >= 15 is 0 Å². The lowest BCUT2D eigenvalue weighted by molar-refractivity contribution is 1.13. The van der Waals surface area contributed by atoms with Gasteiger partial charge in [0.05, 0.1) is 0 Å². The van der Waals surface area contributed by atoms with Crippen LogP contribution in [0.25, 0.3) is 15.7 Å². The highest BCUT2D eigenvalue weighted by molar-refractivity contribution is 8.11. The van der Waals surface area contributed by atoms with Gasteiger partial charge in [0.15, 0.2) is 0 Å². The van der Waals surface area contributed by atoms with Crippen LogP contribution in [0.1, 0.15) is 18.9 Å². The van der Waals surface area contributed by atoms with Crippen LogP contribution < -0.4 is 0 Å². The number of rotatable bonds is 1. The largest absolute Gasteiger partial charge is 0.130 e. The van der Waals surface area contributed by atoms with Gasteiger partial charge in [0.25, 0.3) is 0 Å². The molecular weight excluding hydrogens is 256 g/mol. The zero-order chi connectivity index (χ0) is 12.4. The van der Waals surface area contributed by atoms with Crippen LogP contribution in [-0.2, 0) is 0 Å². The van der Waals surface area contributed by atoms with E-state index in [1.165, 1.54) is 44.1 Å². The molecule has 0 bridgehead atoms. The molecule has 0 aromatic heterocycles. The van der Waals surface area contributed by atoms with Crippen molar-refractivity contribution in [1.29, 1.82) is 0 Å². The Balaban J connectivity index is 2.19. The van der Waals surface area contributed by atoms with E-state index in [1.54, 1.807) is 0 Å². The average Bonchev–Trinajstić information content (AvgIpc) is 2.63. The summed E-state index contributed by atoms with van der Waals surface area (Å²) in [6, 6.07) is 15.3. The fraction of sp³-hybridized carbons (Fsp3) is 0.250. The van der Waals surface area contributed by atoms with Gasteiger partial charge in [-0.1, -0.05) is 42.5 Å². The standard InChI is InChI=1S/C16H16S2/c1-12-16(18-11-5-10-17-12)15-9-4-7-13-6-2-3-8-14(13)15/h2-4,6-9H,5,10-11H2,1H3. The molecule has 1 aliphatic heterocycles. The smallest absolute Gasteiger partial charge is 0.0243 e. The molecule has 0 N–H and O–H groups in total. The number of benzene rings is 2. The molecule has 2 heteroatoms. The third-order valence-electron chi connectivity index (χ3n) is 3.21. The molecule has 0 saturated carbocycles. The van der Waals surface area contributed by atoms with E-state index < -0.39 is 0 Å². The highest BCUT2D eigenvalue weighted by atomic mass is 32.2. The molecule has 1 aliphatic rings. The minimum Gasteiger partial charge on any atom is -0.130 e. The first-order valence-electron chi connectivity index (χ1n) is 6.31. The molecule has 2 aromatic rings. The van der Waals surface area contributed by atoms with Crippen LogP contribution in [-0.4, -0.2) is 11.5 Å². The molecule has 2 aromatic carbocycles. The first-order valence-corrected chi connectivity index (χ1v) is 8.28. The summed E-state index contributed by atoms with van der Waals surface area (Å²) in [7, 11) is 0. The number of hydrogen-bond acceptors (Lipinski definition) is 2. The van der Waals surface area contributed by atoms with Gasteiger partial charge in [0.2, 0.25) is 0 Å². The number of hydrogen-bond donors (Lipinski definition) is 0. The highest BCUT2D eigenvalue weighted by Gasteiger charge is 2.13. The van der Waals surface area contributed by atoms with Gasteiger partial charge >= 0.3 is 0 Å². The maximum Gasteiger partial charge on any atom is 0.0243 e. The molecular formula is C16H16S2. The van der Waals surface area contributed by atoms with Gasteiger partial charge in [0.1, 0.15) is 0 Å². The predicted molar refractivity (Wildman–Crippen MR) is 86.1 cm³/mol. The van der Waals surface area contributed by atoms with Crippen LogP contribution >= 0.6 is 23.5 Å². The minimum absolute atomic E-state index is 1.24. The van der Waals surface area contributed by atoms with Crippen molar-refractivity contribution in [2.45, 2.75) is 13.3 Å². The molecule has 0 amide bonds. The molecule has 0 atom stereocenters. The second-order valence-electron chi connectivity index (χ2n) is 4.46. The Morgan fingerprint density at radius 2 is 1.67 bits per heavy atom. The maximum atomic E-state index is 2.26. The van der Waals surface area contributed by atoms with E-state index in [1.807, 2.05) is 23.5 Å². The summed E-state index contributed by atoms with van der Waals surface area (Å²) in [5.74, 6) is 2.50. The Hall–Kier alpha value is -0.860. The number of thioether (sulfide) groups is 2. The zero-order valence-corrected chi connectivity index (χ0v) is 12.1. The van der Waals surface area contributed by atoms with Gasteiger partial charge in [-0.2, -0.15) is 0 Å². The second-order valence-corrected chi connectivity index (χ2v) is 6.88. The van der Waals surface area contributed by atoms with Crippen molar-refractivity contribution in [1.82, 2.24) is 0 Å². The van der Waals surface area contributed by atoms with Crippen LogP contribution in [0, 0.1) is 0 Å². The lowest BCUT2D eigenvalue weighted by Crippen LogP contribution is -1.86. The summed E-state index contributed by atoms with van der Waals surface area (Å²) in [4.78, 5) is 2.96. The quantitative estimate of drug-likeness (QED) is 0.682. The minimum atomic E-state index is 1.24. The molecule has 0 fully saturated rings. The zero-order valence-electron chi connectivity index (χ0n) is 10.5. The van der Waals surface area contributed by atoms with E-state index in [2.05, 4.69) is 49.4 Å². The normalized spacial score (nSPS) is 16.9. The fourth-order valence-corrected chi connectivity index (χ4v) is 4.72. The SMILES string of the molecule is CC1=C(c2cccc3ccccc23)SCCCS1. The summed E-state index contributed by atoms with van der Waals surface area (Å²) < 4.78 is 0. The maximum absolute atomic E-state index is 2.26. The second kappa shape index (κ2) is 5.41. The molecule has 18 heavy (non-hydrogen) atoms. The van der Waals surface area contributed by atoms with Crippen molar-refractivity contribution in [2.24, 2.45) is 0 Å². The fourth-order valence-electron chi connectivity index (χ4n) is 2.32. The van der Waals surface area contributed by atoms with Crippen molar-refractivity contribution >= 4 is 39.2 Å². The Morgan fingerprint density at radius 3 is 2.61 bits per heavy atom. The van der Waals surface area contributed by atoms with Gasteiger partial charge in [-0.25, -0.2) is 0 Å². The van der Waals surface area contributed by atoms with Crippen molar-refractivity contribution in [3.63, 3.8) is 0 Å². The molecule has 92 valence electrons. The topological polar surface area (TPSA) is 0 Å². The van der Waals surface area contributed by atoms with Crippen LogP contribution in [0.5, 0.6) is 0 Å². The van der Waals surface area contributed by atoms with Gasteiger partial charge in [0, 0.05) is 4.91 Å². The summed E-state index contributed by atoms with van der Waals surface area (Å²) in [6.45, 7) is 2.26. The summed E-state index contributed by atoms with van der Waals surface area (Å²) >= 11 is 4.03. The van der Waals surface area contributed by atoms with Crippen LogP contribution in [0.15, 0.2) is 47.4 Å². The Bertz CT molecular complexity index is 594. The molecule has 3 rings (SSSR count). The number of fused-ring (bicyclic) bond motifs is 1. The van der Waals surface area contributed by atoms with Crippen molar-refractivity contribution in [2.75, 3.05) is 11.5 Å². The van der Waals surface area contributed by atoms with E-state index in [0.717, 1.165) is 0 Å². The average molecular weight is 272 g/mol. The van der Waals surface area contributed by atoms with Gasteiger partial charge in [-0.05, 0) is 46.1 Å². The first-order chi connectivity index (χ1) is 8.86. The third kappa shape index (κ3) is 2.32. The number of allylic oxidation sites excluding steroid dienone is 1. The molecule has 0 nitrogen and oxygen atoms in total. The van der Waals surface area contributed by atoms with Gasteiger partial charge < -0.3 is 0 Å². The van der Waals surface area contributed by atoms with Crippen molar-refractivity contribution < 1.29 is 0 Å². The van der Waals surface area contributed by atoms with E-state index in [4.69, 9.17) is 0 Å². The summed E-state index contributed by atoms with van der Waals surface area (Å²) in [6.07, 6.45) is 1.31. The molecule has 0 aliphatic carbocycles. The first kappa shape index (κ1) is 12.2. The van der Waals surface area contributed by atoms with Gasteiger partial charge in [-0.3, -0.25) is 0 Å². The van der Waals surface area contributed by atoms with Crippen LogP contribution in [0.3, 0.4) is 0 Å². The van der Waals surface area contributed by atoms with Crippen molar-refractivity contribution in [3.05, 3.63) is 52.9 Å². The van der Waals surface area contributed by atoms with Crippen LogP contribution in [0.4, 0.5) is 0 Å². The molecule has 0 unspecified atom stereocenters. The summed E-state index contributed by atoms with van der Waals surface area (Å²) in [5.41, 5.74) is 1.41. The molecule has 0 spiro atoms. The Morgan fingerprint density at radius 1 is 0.889 bits per heavy atom. The summed E-state index contributed by atoms with van der Waals surface area (Å²) in [5, 5.41) is 2.72. The lowest BCUT2D eigenvalue weighted by Gasteiger charge is -2.11. The lowest BCUT2D eigenvalue weighted by atomic mass is 10.0. The Kier molecular flexibility index (Phi) is 3.67. The Labute approximate surface area is 117 Å². The van der Waals surface area contributed by atoms with E-state index in [-0.39, 0.29) is 0 Å². The molecule has 0 radical (unpaired) electrons. The van der Waals surface area contributed by atoms with Crippen LogP contribution in [0.2, 0.25) is 0 Å². The molecule has 0 saturated heterocycles. The van der Waals surface area contributed by atoms with E-state index in [9.17, 15) is 0 Å². The third-order valence-corrected chi connectivity index (χ3v) is 5.77.